The molecule has 2 fully saturated rings. The molecule has 0 aromatic carbocycles. The molecule has 132 valence electrons. The van der Waals surface area contributed by atoms with Crippen LogP contribution < -0.4 is 4.90 Å². The van der Waals surface area contributed by atoms with Gasteiger partial charge in [0.15, 0.2) is 0 Å². The van der Waals surface area contributed by atoms with Crippen molar-refractivity contribution in [3.63, 3.8) is 0 Å². The lowest BCUT2D eigenvalue weighted by atomic mass is 9.98. The van der Waals surface area contributed by atoms with Gasteiger partial charge in [0.05, 0.1) is 11.5 Å². The Morgan fingerprint density at radius 2 is 2.00 bits per heavy atom. The van der Waals surface area contributed by atoms with Crippen LogP contribution in [0.3, 0.4) is 0 Å². The van der Waals surface area contributed by atoms with E-state index >= 15 is 0 Å². The lowest BCUT2D eigenvalue weighted by Crippen LogP contribution is -2.37. The summed E-state index contributed by atoms with van der Waals surface area (Å²) in [6.45, 7) is 5.23. The third kappa shape index (κ3) is 3.36. The molecule has 0 saturated carbocycles. The molecule has 4 heterocycles. The van der Waals surface area contributed by atoms with Gasteiger partial charge in [-0.05, 0) is 37.8 Å². The summed E-state index contributed by atoms with van der Waals surface area (Å²) in [4.78, 5) is 20.3. The molecule has 2 aliphatic heterocycles. The number of likely N-dealkylation sites (tertiary alicyclic amines) is 1. The molecule has 1 amide bonds. The summed E-state index contributed by atoms with van der Waals surface area (Å²) < 4.78 is 5.89. The summed E-state index contributed by atoms with van der Waals surface area (Å²) in [6.07, 6.45) is 6.20. The molecule has 7 heteroatoms. The first-order valence-corrected chi connectivity index (χ1v) is 9.01. The third-order valence-corrected chi connectivity index (χ3v) is 5.08. The van der Waals surface area contributed by atoms with Crippen molar-refractivity contribution in [1.82, 2.24) is 20.1 Å². The zero-order chi connectivity index (χ0) is 17.2. The second-order valence-corrected chi connectivity index (χ2v) is 6.85. The van der Waals surface area contributed by atoms with E-state index in [1.165, 1.54) is 12.8 Å². The van der Waals surface area contributed by atoms with Crippen molar-refractivity contribution in [2.45, 2.75) is 38.5 Å². The van der Waals surface area contributed by atoms with Gasteiger partial charge in [-0.15, -0.1) is 10.2 Å². The van der Waals surface area contributed by atoms with E-state index in [-0.39, 0.29) is 11.8 Å². The summed E-state index contributed by atoms with van der Waals surface area (Å²) in [5, 5.41) is 8.40. The molecule has 25 heavy (non-hydrogen) atoms. The highest BCUT2D eigenvalue weighted by Crippen LogP contribution is 2.29. The average Bonchev–Trinajstić information content (AvgIpc) is 3.34. The van der Waals surface area contributed by atoms with Gasteiger partial charge in [0.1, 0.15) is 5.82 Å². The number of rotatable bonds is 3. The van der Waals surface area contributed by atoms with E-state index in [9.17, 15) is 4.79 Å². The molecule has 0 bridgehead atoms. The van der Waals surface area contributed by atoms with E-state index in [1.54, 1.807) is 13.1 Å². The predicted molar refractivity (Wildman–Crippen MR) is 93.2 cm³/mol. The van der Waals surface area contributed by atoms with Gasteiger partial charge in [-0.25, -0.2) is 4.98 Å². The molecule has 2 aromatic rings. The first-order chi connectivity index (χ1) is 12.2. The van der Waals surface area contributed by atoms with E-state index < -0.39 is 0 Å². The highest BCUT2D eigenvalue weighted by atomic mass is 16.4. The number of amides is 1. The van der Waals surface area contributed by atoms with Crippen LogP contribution in [0, 0.1) is 0 Å². The van der Waals surface area contributed by atoms with Crippen LogP contribution in [0.15, 0.2) is 22.7 Å². The molecule has 0 aliphatic carbocycles. The van der Waals surface area contributed by atoms with Gasteiger partial charge in [-0.1, -0.05) is 0 Å². The predicted octanol–water partition coefficient (Wildman–Crippen LogP) is 2.46. The molecule has 2 saturated heterocycles. The van der Waals surface area contributed by atoms with Crippen LogP contribution in [0.25, 0.3) is 11.5 Å². The Morgan fingerprint density at radius 3 is 2.72 bits per heavy atom. The molecule has 1 atom stereocenters. The molecule has 0 N–H and O–H groups in total. The lowest BCUT2D eigenvalue weighted by Gasteiger charge is -2.30. The standard InChI is InChI=1S/C18H23N5O2/c1-13(24)23-10-4-5-15(12-23)18-21-20-17(25-18)14-6-7-16(19-11-14)22-8-2-3-9-22/h6-7,11,15H,2-5,8-10,12H2,1H3. The fourth-order valence-corrected chi connectivity index (χ4v) is 3.63. The smallest absolute Gasteiger partial charge is 0.249 e. The van der Waals surface area contributed by atoms with Crippen LogP contribution >= 0.6 is 0 Å². The Hall–Kier alpha value is -2.44. The van der Waals surface area contributed by atoms with Crippen molar-refractivity contribution in [2.75, 3.05) is 31.1 Å². The summed E-state index contributed by atoms with van der Waals surface area (Å²) in [6, 6.07) is 4.00. The van der Waals surface area contributed by atoms with Crippen LogP contribution in [0.2, 0.25) is 0 Å². The third-order valence-electron chi connectivity index (χ3n) is 5.08. The number of hydrogen-bond acceptors (Lipinski definition) is 6. The summed E-state index contributed by atoms with van der Waals surface area (Å²) in [5.41, 5.74) is 0.834. The fourth-order valence-electron chi connectivity index (χ4n) is 3.63. The Bertz CT molecular complexity index is 736. The van der Waals surface area contributed by atoms with Crippen molar-refractivity contribution in [3.05, 3.63) is 24.2 Å². The zero-order valence-electron chi connectivity index (χ0n) is 14.5. The summed E-state index contributed by atoms with van der Waals surface area (Å²) in [5.74, 6) is 2.34. The number of nitrogens with zero attached hydrogens (tertiary/aromatic N) is 5. The zero-order valence-corrected chi connectivity index (χ0v) is 14.5. The Kier molecular flexibility index (Phi) is 4.38. The molecule has 4 rings (SSSR count). The van der Waals surface area contributed by atoms with Crippen molar-refractivity contribution < 1.29 is 9.21 Å². The van der Waals surface area contributed by atoms with E-state index in [0.29, 0.717) is 18.3 Å². The first kappa shape index (κ1) is 16.1. The highest BCUT2D eigenvalue weighted by molar-refractivity contribution is 5.73. The van der Waals surface area contributed by atoms with Crippen molar-refractivity contribution in [2.24, 2.45) is 0 Å². The van der Waals surface area contributed by atoms with Gasteiger partial charge in [0.25, 0.3) is 0 Å². The quantitative estimate of drug-likeness (QED) is 0.854. The molecule has 2 aliphatic rings. The van der Waals surface area contributed by atoms with Crippen molar-refractivity contribution in [3.8, 4) is 11.5 Å². The van der Waals surface area contributed by atoms with E-state index in [0.717, 1.165) is 43.9 Å². The molecular weight excluding hydrogens is 318 g/mol. The summed E-state index contributed by atoms with van der Waals surface area (Å²) in [7, 11) is 0. The maximum Gasteiger partial charge on any atom is 0.249 e. The summed E-state index contributed by atoms with van der Waals surface area (Å²) >= 11 is 0. The van der Waals surface area contributed by atoms with Crippen LogP contribution in [0.1, 0.15) is 44.4 Å². The molecule has 0 radical (unpaired) electrons. The minimum atomic E-state index is 0.103. The van der Waals surface area contributed by atoms with E-state index in [2.05, 4.69) is 20.1 Å². The number of carbonyl (C=O) groups excluding carboxylic acids is 1. The molecule has 0 spiro atoms. The van der Waals surface area contributed by atoms with Gasteiger partial charge in [-0.2, -0.15) is 0 Å². The topological polar surface area (TPSA) is 75.4 Å². The number of hydrogen-bond donors (Lipinski definition) is 0. The molecule has 1 unspecified atom stereocenters. The van der Waals surface area contributed by atoms with Crippen LogP contribution in [-0.4, -0.2) is 52.2 Å². The number of pyridine rings is 1. The van der Waals surface area contributed by atoms with Crippen LogP contribution in [-0.2, 0) is 4.79 Å². The van der Waals surface area contributed by atoms with Gasteiger partial charge < -0.3 is 14.2 Å². The maximum absolute atomic E-state index is 11.6. The number of carbonyl (C=O) groups is 1. The first-order valence-electron chi connectivity index (χ1n) is 9.01. The van der Waals surface area contributed by atoms with Crippen LogP contribution in [0.5, 0.6) is 0 Å². The molecule has 7 nitrogen and oxygen atoms in total. The van der Waals surface area contributed by atoms with Crippen molar-refractivity contribution in [1.29, 1.82) is 0 Å². The van der Waals surface area contributed by atoms with Gasteiger partial charge in [0, 0.05) is 39.3 Å². The Balaban J connectivity index is 1.48. The average molecular weight is 341 g/mol. The lowest BCUT2D eigenvalue weighted by molar-refractivity contribution is -0.130. The minimum absolute atomic E-state index is 0.103. The minimum Gasteiger partial charge on any atom is -0.420 e. The van der Waals surface area contributed by atoms with Crippen molar-refractivity contribution >= 4 is 11.7 Å². The maximum atomic E-state index is 11.6. The second-order valence-electron chi connectivity index (χ2n) is 6.85. The fraction of sp³-hybridized carbons (Fsp3) is 0.556. The normalized spacial score (nSPS) is 20.9. The Morgan fingerprint density at radius 1 is 1.16 bits per heavy atom. The SMILES string of the molecule is CC(=O)N1CCCC(c2nnc(-c3ccc(N4CCCC4)nc3)o2)C1. The van der Waals surface area contributed by atoms with Gasteiger partial charge in [0.2, 0.25) is 17.7 Å². The van der Waals surface area contributed by atoms with Gasteiger partial charge >= 0.3 is 0 Å². The van der Waals surface area contributed by atoms with E-state index in [1.807, 2.05) is 17.0 Å². The van der Waals surface area contributed by atoms with E-state index in [4.69, 9.17) is 4.42 Å². The Labute approximate surface area is 147 Å². The van der Waals surface area contributed by atoms with Crippen LogP contribution in [0.4, 0.5) is 5.82 Å². The van der Waals surface area contributed by atoms with Gasteiger partial charge in [-0.3, -0.25) is 4.79 Å². The largest absolute Gasteiger partial charge is 0.420 e. The monoisotopic (exact) mass is 341 g/mol. The highest BCUT2D eigenvalue weighted by Gasteiger charge is 2.27. The number of anilines is 1. The number of aromatic nitrogens is 3. The molecule has 2 aromatic heterocycles. The number of piperidine rings is 1. The second kappa shape index (κ2) is 6.82. The molecular formula is C18H23N5O2.